The summed E-state index contributed by atoms with van der Waals surface area (Å²) in [6.07, 6.45) is -0.381. The second-order valence-corrected chi connectivity index (χ2v) is 8.73. The molecule has 1 N–H and O–H groups in total. The highest BCUT2D eigenvalue weighted by molar-refractivity contribution is 7.99. The summed E-state index contributed by atoms with van der Waals surface area (Å²) in [5, 5.41) is 11.5. The number of rotatable bonds is 9. The highest BCUT2D eigenvalue weighted by atomic mass is 35.5. The van der Waals surface area contributed by atoms with Crippen LogP contribution in [-0.4, -0.2) is 56.9 Å². The molecular weight excluding hydrogens is 477 g/mol. The minimum Gasteiger partial charge on any atom is -0.324 e. The van der Waals surface area contributed by atoms with Crippen LogP contribution in [0.2, 0.25) is 5.02 Å². The number of nitrogens with zero attached hydrogens (tertiary/aromatic N) is 5. The summed E-state index contributed by atoms with van der Waals surface area (Å²) < 4.78 is 40.8. The molecule has 33 heavy (non-hydrogen) atoms. The Balaban J connectivity index is 1.73. The van der Waals surface area contributed by atoms with Gasteiger partial charge in [-0.3, -0.25) is 9.78 Å². The zero-order valence-corrected chi connectivity index (χ0v) is 19.5. The fourth-order valence-corrected chi connectivity index (χ4v) is 3.90. The van der Waals surface area contributed by atoms with E-state index in [0.717, 1.165) is 48.5 Å². The van der Waals surface area contributed by atoms with Gasteiger partial charge in [-0.2, -0.15) is 13.2 Å². The largest absolute Gasteiger partial charge is 0.416 e. The number of hydrogen-bond acceptors (Lipinski definition) is 6. The maximum absolute atomic E-state index is 13.0. The van der Waals surface area contributed by atoms with Crippen molar-refractivity contribution in [1.82, 2.24) is 24.6 Å². The van der Waals surface area contributed by atoms with Gasteiger partial charge in [0, 0.05) is 24.5 Å². The molecule has 0 atom stereocenters. The van der Waals surface area contributed by atoms with Crippen molar-refractivity contribution in [3.05, 3.63) is 53.3 Å². The number of hydrogen-bond donors (Lipinski definition) is 1. The van der Waals surface area contributed by atoms with Crippen LogP contribution < -0.4 is 5.32 Å². The third kappa shape index (κ3) is 6.92. The number of thioether (sulfide) groups is 1. The smallest absolute Gasteiger partial charge is 0.324 e. The Bertz CT molecular complexity index is 1090. The second kappa shape index (κ2) is 11.0. The topological polar surface area (TPSA) is 75.9 Å². The van der Waals surface area contributed by atoms with Crippen LogP contribution in [0.3, 0.4) is 0 Å². The third-order valence-electron chi connectivity index (χ3n) is 4.54. The van der Waals surface area contributed by atoms with E-state index in [2.05, 4.69) is 25.4 Å². The molecule has 0 bridgehead atoms. The number of pyridine rings is 1. The monoisotopic (exact) mass is 498 g/mol. The minimum atomic E-state index is -4.54. The number of benzene rings is 1. The first kappa shape index (κ1) is 25.0. The van der Waals surface area contributed by atoms with Crippen molar-refractivity contribution in [3.63, 3.8) is 0 Å². The first-order valence-corrected chi connectivity index (χ1v) is 11.3. The number of alkyl halides is 3. The van der Waals surface area contributed by atoms with E-state index >= 15 is 0 Å². The number of carbonyl (C=O) groups excluding carboxylic acids is 1. The van der Waals surface area contributed by atoms with E-state index in [1.807, 2.05) is 30.8 Å². The number of halogens is 4. The molecule has 0 aliphatic rings. The Labute approximate surface area is 198 Å². The molecule has 0 radical (unpaired) electrons. The van der Waals surface area contributed by atoms with Crippen LogP contribution >= 0.6 is 23.4 Å². The fraction of sp³-hybridized carbons (Fsp3) is 0.333. The van der Waals surface area contributed by atoms with Crippen LogP contribution in [-0.2, 0) is 17.5 Å². The van der Waals surface area contributed by atoms with Crippen LogP contribution in [0, 0.1) is 0 Å². The lowest BCUT2D eigenvalue weighted by molar-refractivity contribution is -0.137. The van der Waals surface area contributed by atoms with E-state index in [-0.39, 0.29) is 16.5 Å². The lowest BCUT2D eigenvalue weighted by atomic mass is 10.2. The summed E-state index contributed by atoms with van der Waals surface area (Å²) in [5.41, 5.74) is -0.145. The Kier molecular flexibility index (Phi) is 8.33. The van der Waals surface area contributed by atoms with E-state index < -0.39 is 17.6 Å². The maximum atomic E-state index is 13.0. The van der Waals surface area contributed by atoms with Crippen molar-refractivity contribution in [2.24, 2.45) is 0 Å². The van der Waals surface area contributed by atoms with Gasteiger partial charge in [-0.15, -0.1) is 10.2 Å². The molecule has 0 spiro atoms. The fourth-order valence-electron chi connectivity index (χ4n) is 2.97. The first-order chi connectivity index (χ1) is 15.6. The molecule has 0 aliphatic carbocycles. The lowest BCUT2D eigenvalue weighted by Crippen LogP contribution is -2.17. The van der Waals surface area contributed by atoms with Gasteiger partial charge in [-0.05, 0) is 57.4 Å². The highest BCUT2D eigenvalue weighted by Gasteiger charge is 2.31. The summed E-state index contributed by atoms with van der Waals surface area (Å²) in [7, 11) is 3.96. The van der Waals surface area contributed by atoms with Crippen LogP contribution in [0.15, 0.2) is 47.9 Å². The van der Waals surface area contributed by atoms with Gasteiger partial charge in [0.1, 0.15) is 0 Å². The van der Waals surface area contributed by atoms with Crippen molar-refractivity contribution >= 4 is 35.0 Å². The molecule has 1 aromatic carbocycles. The molecule has 0 unspecified atom stereocenters. The zero-order valence-electron chi connectivity index (χ0n) is 17.9. The molecule has 3 aromatic rings. The summed E-state index contributed by atoms with van der Waals surface area (Å²) >= 11 is 7.11. The average Bonchev–Trinajstić information content (AvgIpc) is 3.16. The van der Waals surface area contributed by atoms with Gasteiger partial charge >= 0.3 is 6.18 Å². The molecule has 0 saturated heterocycles. The molecule has 7 nitrogen and oxygen atoms in total. The van der Waals surface area contributed by atoms with Gasteiger partial charge in [-0.1, -0.05) is 23.4 Å². The van der Waals surface area contributed by atoms with E-state index in [4.69, 9.17) is 11.6 Å². The number of anilines is 1. The molecule has 0 aliphatic heterocycles. The molecule has 2 heterocycles. The van der Waals surface area contributed by atoms with E-state index in [1.165, 1.54) is 0 Å². The molecule has 1 amide bonds. The molecule has 0 saturated carbocycles. The zero-order chi connectivity index (χ0) is 24.0. The van der Waals surface area contributed by atoms with Crippen molar-refractivity contribution in [2.45, 2.75) is 24.3 Å². The standard InChI is InChI=1S/C21H22ClF3N6OS/c1-30(2)10-3-11-31-19(14-6-8-26-9-7-14)28-29-20(31)33-13-18(32)27-17-12-15(21(23,24)25)4-5-16(17)22/h4-9,12H,3,10-11,13H2,1-2H3,(H,27,32). The minimum absolute atomic E-state index is 0.0215. The van der Waals surface area contributed by atoms with Gasteiger partial charge < -0.3 is 14.8 Å². The molecule has 2 aromatic heterocycles. The van der Waals surface area contributed by atoms with Crippen LogP contribution in [0.5, 0.6) is 0 Å². The van der Waals surface area contributed by atoms with E-state index in [9.17, 15) is 18.0 Å². The van der Waals surface area contributed by atoms with Gasteiger partial charge in [0.25, 0.3) is 0 Å². The normalized spacial score (nSPS) is 11.7. The van der Waals surface area contributed by atoms with Gasteiger partial charge in [0.15, 0.2) is 11.0 Å². The van der Waals surface area contributed by atoms with Gasteiger partial charge in [0.2, 0.25) is 5.91 Å². The molecule has 3 rings (SSSR count). The highest BCUT2D eigenvalue weighted by Crippen LogP contribution is 2.34. The Hall–Kier alpha value is -2.63. The molecule has 12 heteroatoms. The van der Waals surface area contributed by atoms with E-state index in [0.29, 0.717) is 17.5 Å². The number of carbonyl (C=O) groups is 1. The van der Waals surface area contributed by atoms with Crippen molar-refractivity contribution < 1.29 is 18.0 Å². The quantitative estimate of drug-likeness (QED) is 0.431. The summed E-state index contributed by atoms with van der Waals surface area (Å²) in [5.74, 6) is 0.0730. The Morgan fingerprint density at radius 3 is 2.58 bits per heavy atom. The summed E-state index contributed by atoms with van der Waals surface area (Å²) in [6.45, 7) is 1.48. The lowest BCUT2D eigenvalue weighted by Gasteiger charge is -2.13. The summed E-state index contributed by atoms with van der Waals surface area (Å²) in [6, 6.07) is 6.43. The summed E-state index contributed by atoms with van der Waals surface area (Å²) in [4.78, 5) is 18.5. The Morgan fingerprint density at radius 2 is 1.91 bits per heavy atom. The van der Waals surface area contributed by atoms with Crippen molar-refractivity contribution in [3.8, 4) is 11.4 Å². The van der Waals surface area contributed by atoms with Crippen molar-refractivity contribution in [1.29, 1.82) is 0 Å². The molecule has 0 fully saturated rings. The number of nitrogens with one attached hydrogen (secondary N) is 1. The van der Waals surface area contributed by atoms with Crippen LogP contribution in [0.25, 0.3) is 11.4 Å². The number of amides is 1. The number of aromatic nitrogens is 4. The molecule has 176 valence electrons. The van der Waals surface area contributed by atoms with Crippen LogP contribution in [0.1, 0.15) is 12.0 Å². The Morgan fingerprint density at radius 1 is 1.18 bits per heavy atom. The maximum Gasteiger partial charge on any atom is 0.416 e. The van der Waals surface area contributed by atoms with Crippen molar-refractivity contribution in [2.75, 3.05) is 31.7 Å². The predicted octanol–water partition coefficient (Wildman–Crippen LogP) is 4.69. The van der Waals surface area contributed by atoms with Crippen LogP contribution in [0.4, 0.5) is 18.9 Å². The van der Waals surface area contributed by atoms with E-state index in [1.54, 1.807) is 12.4 Å². The first-order valence-electron chi connectivity index (χ1n) is 9.93. The SMILES string of the molecule is CN(C)CCCn1c(SCC(=O)Nc2cc(C(F)(F)F)ccc2Cl)nnc1-c1ccncc1. The predicted molar refractivity (Wildman–Crippen MR) is 122 cm³/mol. The molecular formula is C21H22ClF3N6OS. The second-order valence-electron chi connectivity index (χ2n) is 7.38. The van der Waals surface area contributed by atoms with Gasteiger partial charge in [0.05, 0.1) is 22.0 Å². The van der Waals surface area contributed by atoms with Gasteiger partial charge in [-0.25, -0.2) is 0 Å². The average molecular weight is 499 g/mol. The third-order valence-corrected chi connectivity index (χ3v) is 5.84.